The molecule has 10 nitrogen and oxygen atoms in total. The summed E-state index contributed by atoms with van der Waals surface area (Å²) >= 11 is 0. The Morgan fingerprint density at radius 2 is 1.55 bits per heavy atom. The van der Waals surface area contributed by atoms with Gasteiger partial charge in [0.05, 0.1) is 10.5 Å². The lowest BCUT2D eigenvalue weighted by molar-refractivity contribution is -0.385. The topological polar surface area (TPSA) is 133 Å². The van der Waals surface area contributed by atoms with Gasteiger partial charge in [-0.2, -0.15) is 8.42 Å². The zero-order valence-electron chi connectivity index (χ0n) is 18.9. The standard InChI is InChI=1S/C22H26N2O8S/c1-14(2)23(15(3)4)21(25)16(5)31-22(26)17-9-11-19(12-10-17)32-33(29,30)20-8-6-7-18(13-20)24(27)28/h6-16H,1-5H3/t16-/m1/s1. The van der Waals surface area contributed by atoms with Crippen LogP contribution < -0.4 is 4.18 Å². The van der Waals surface area contributed by atoms with Crippen LogP contribution in [0.3, 0.4) is 0 Å². The summed E-state index contributed by atoms with van der Waals surface area (Å²) in [6.07, 6.45) is -1.01. The number of ether oxygens (including phenoxy) is 1. The molecule has 0 heterocycles. The first-order valence-corrected chi connectivity index (χ1v) is 11.6. The number of carbonyl (C=O) groups excluding carboxylic acids is 2. The summed E-state index contributed by atoms with van der Waals surface area (Å²) in [5.74, 6) is -1.18. The van der Waals surface area contributed by atoms with E-state index in [1.54, 1.807) is 4.90 Å². The highest BCUT2D eigenvalue weighted by Gasteiger charge is 2.28. The molecule has 0 saturated heterocycles. The number of non-ortho nitro benzene ring substituents is 1. The molecule has 2 rings (SSSR count). The van der Waals surface area contributed by atoms with E-state index < -0.39 is 32.8 Å². The minimum Gasteiger partial charge on any atom is -0.449 e. The Hall–Kier alpha value is -3.47. The molecule has 2 aromatic rings. The molecule has 0 radical (unpaired) electrons. The second-order valence-corrected chi connectivity index (χ2v) is 9.34. The van der Waals surface area contributed by atoms with Crippen molar-refractivity contribution < 1.29 is 31.9 Å². The largest absolute Gasteiger partial charge is 0.449 e. The maximum absolute atomic E-state index is 12.6. The lowest BCUT2D eigenvalue weighted by atomic mass is 10.2. The number of rotatable bonds is 9. The Balaban J connectivity index is 2.10. The highest BCUT2D eigenvalue weighted by Crippen LogP contribution is 2.23. The van der Waals surface area contributed by atoms with Gasteiger partial charge in [-0.15, -0.1) is 0 Å². The molecule has 0 unspecified atom stereocenters. The maximum Gasteiger partial charge on any atom is 0.339 e. The summed E-state index contributed by atoms with van der Waals surface area (Å²) in [4.78, 5) is 36.4. The van der Waals surface area contributed by atoms with Gasteiger partial charge >= 0.3 is 16.1 Å². The number of hydrogen-bond donors (Lipinski definition) is 0. The second kappa shape index (κ2) is 10.4. The molecule has 2 aromatic carbocycles. The Bertz CT molecular complexity index is 1120. The molecular weight excluding hydrogens is 452 g/mol. The maximum atomic E-state index is 12.6. The van der Waals surface area contributed by atoms with E-state index in [9.17, 15) is 28.1 Å². The Kier molecular flexibility index (Phi) is 8.15. The van der Waals surface area contributed by atoms with E-state index in [4.69, 9.17) is 8.92 Å². The van der Waals surface area contributed by atoms with Gasteiger partial charge in [-0.05, 0) is 65.0 Å². The van der Waals surface area contributed by atoms with Crippen LogP contribution in [-0.2, 0) is 19.6 Å². The molecule has 33 heavy (non-hydrogen) atoms. The van der Waals surface area contributed by atoms with Crippen LogP contribution in [0.1, 0.15) is 45.0 Å². The fourth-order valence-electron chi connectivity index (χ4n) is 3.17. The van der Waals surface area contributed by atoms with Crippen LogP contribution in [0.5, 0.6) is 5.75 Å². The number of benzene rings is 2. The molecule has 11 heteroatoms. The third-order valence-electron chi connectivity index (χ3n) is 4.61. The number of esters is 1. The molecule has 0 bridgehead atoms. The Morgan fingerprint density at radius 1 is 0.970 bits per heavy atom. The van der Waals surface area contributed by atoms with Crippen molar-refractivity contribution in [3.05, 3.63) is 64.2 Å². The van der Waals surface area contributed by atoms with Crippen molar-refractivity contribution in [2.24, 2.45) is 0 Å². The van der Waals surface area contributed by atoms with Gasteiger partial charge < -0.3 is 13.8 Å². The van der Waals surface area contributed by atoms with Crippen LogP contribution in [0.2, 0.25) is 0 Å². The first-order chi connectivity index (χ1) is 15.3. The quantitative estimate of drug-likeness (QED) is 0.231. The number of nitrogens with zero attached hydrogens (tertiary/aromatic N) is 2. The molecule has 0 fully saturated rings. The van der Waals surface area contributed by atoms with Crippen molar-refractivity contribution in [1.29, 1.82) is 0 Å². The number of amides is 1. The summed E-state index contributed by atoms with van der Waals surface area (Å²) < 4.78 is 35.1. The van der Waals surface area contributed by atoms with Gasteiger partial charge in [-0.25, -0.2) is 4.79 Å². The van der Waals surface area contributed by atoms with Crippen LogP contribution in [-0.4, -0.2) is 48.3 Å². The normalized spacial score (nSPS) is 12.3. The first kappa shape index (κ1) is 25.8. The van der Waals surface area contributed by atoms with Crippen molar-refractivity contribution in [3.63, 3.8) is 0 Å². The second-order valence-electron chi connectivity index (χ2n) is 7.80. The summed E-state index contributed by atoms with van der Waals surface area (Å²) in [6, 6.07) is 9.38. The van der Waals surface area contributed by atoms with Gasteiger partial charge in [-0.3, -0.25) is 14.9 Å². The fourth-order valence-corrected chi connectivity index (χ4v) is 4.14. The van der Waals surface area contributed by atoms with Gasteiger partial charge in [0, 0.05) is 24.2 Å². The monoisotopic (exact) mass is 478 g/mol. The molecule has 0 spiro atoms. The van der Waals surface area contributed by atoms with E-state index in [2.05, 4.69) is 0 Å². The number of hydrogen-bond acceptors (Lipinski definition) is 8. The van der Waals surface area contributed by atoms with Crippen LogP contribution >= 0.6 is 0 Å². The van der Waals surface area contributed by atoms with E-state index >= 15 is 0 Å². The van der Waals surface area contributed by atoms with Crippen molar-refractivity contribution in [3.8, 4) is 5.75 Å². The third kappa shape index (κ3) is 6.51. The van der Waals surface area contributed by atoms with E-state index in [1.165, 1.54) is 43.3 Å². The Morgan fingerprint density at radius 3 is 2.06 bits per heavy atom. The predicted octanol–water partition coefficient (Wildman–Crippen LogP) is 3.55. The van der Waals surface area contributed by atoms with Gasteiger partial charge in [0.25, 0.3) is 11.6 Å². The van der Waals surface area contributed by atoms with Crippen molar-refractivity contribution >= 4 is 27.7 Å². The molecule has 0 aliphatic rings. The minimum absolute atomic E-state index is 0.0666. The molecule has 0 saturated carbocycles. The van der Waals surface area contributed by atoms with E-state index in [1.807, 2.05) is 27.7 Å². The Labute approximate surface area is 192 Å². The van der Waals surface area contributed by atoms with E-state index in [0.717, 1.165) is 12.1 Å². The van der Waals surface area contributed by atoms with Gasteiger partial charge in [0.15, 0.2) is 6.10 Å². The van der Waals surface area contributed by atoms with Gasteiger partial charge in [-0.1, -0.05) is 6.07 Å². The SMILES string of the molecule is CC(C)N(C(=O)[C@@H](C)OC(=O)c1ccc(OS(=O)(=O)c2cccc([N+](=O)[O-])c2)cc1)C(C)C. The summed E-state index contributed by atoms with van der Waals surface area (Å²) in [5, 5.41) is 10.9. The molecule has 0 aromatic heterocycles. The summed E-state index contributed by atoms with van der Waals surface area (Å²) in [7, 11) is -4.33. The van der Waals surface area contributed by atoms with Gasteiger partial charge in [0.1, 0.15) is 10.6 Å². The highest BCUT2D eigenvalue weighted by atomic mass is 32.2. The van der Waals surface area contributed by atoms with Crippen molar-refractivity contribution in [1.82, 2.24) is 4.90 Å². The molecule has 0 aliphatic carbocycles. The minimum atomic E-state index is -4.33. The first-order valence-electron chi connectivity index (χ1n) is 10.2. The number of nitro groups is 1. The van der Waals surface area contributed by atoms with E-state index in [0.29, 0.717) is 0 Å². The fraction of sp³-hybridized carbons (Fsp3) is 0.364. The molecule has 1 amide bonds. The molecule has 1 atom stereocenters. The third-order valence-corrected chi connectivity index (χ3v) is 5.85. The molecule has 0 aliphatic heterocycles. The van der Waals surface area contributed by atoms with Crippen LogP contribution in [0.15, 0.2) is 53.4 Å². The smallest absolute Gasteiger partial charge is 0.339 e. The van der Waals surface area contributed by atoms with Crippen LogP contribution in [0.25, 0.3) is 0 Å². The predicted molar refractivity (Wildman–Crippen MR) is 119 cm³/mol. The lowest BCUT2D eigenvalue weighted by Crippen LogP contribution is -2.47. The van der Waals surface area contributed by atoms with Crippen molar-refractivity contribution in [2.45, 2.75) is 57.7 Å². The average molecular weight is 479 g/mol. The number of nitro benzene ring substituents is 1. The highest BCUT2D eigenvalue weighted by molar-refractivity contribution is 7.87. The summed E-state index contributed by atoms with van der Waals surface area (Å²) in [5.41, 5.74) is -0.301. The van der Waals surface area contributed by atoms with Gasteiger partial charge in [0.2, 0.25) is 0 Å². The van der Waals surface area contributed by atoms with Crippen LogP contribution in [0.4, 0.5) is 5.69 Å². The molecule has 178 valence electrons. The van der Waals surface area contributed by atoms with Crippen LogP contribution in [0, 0.1) is 10.1 Å². The molecular formula is C22H26N2O8S. The lowest BCUT2D eigenvalue weighted by Gasteiger charge is -2.32. The zero-order valence-corrected chi connectivity index (χ0v) is 19.7. The van der Waals surface area contributed by atoms with Crippen molar-refractivity contribution in [2.75, 3.05) is 0 Å². The molecule has 0 N–H and O–H groups in total. The average Bonchev–Trinajstić information content (AvgIpc) is 2.73. The van der Waals surface area contributed by atoms with E-state index in [-0.39, 0.29) is 34.2 Å². The summed E-state index contributed by atoms with van der Waals surface area (Å²) in [6.45, 7) is 8.96. The zero-order chi connectivity index (χ0) is 24.9. The number of carbonyl (C=O) groups is 2.